The Kier molecular flexibility index (Phi) is 10.6. The van der Waals surface area contributed by atoms with Gasteiger partial charge in [0.1, 0.15) is 18.2 Å². The van der Waals surface area contributed by atoms with Gasteiger partial charge >= 0.3 is 6.09 Å². The Hall–Kier alpha value is -2.57. The summed E-state index contributed by atoms with van der Waals surface area (Å²) in [6.45, 7) is 18.9. The van der Waals surface area contributed by atoms with Crippen LogP contribution in [0.2, 0.25) is 0 Å². The lowest BCUT2D eigenvalue weighted by Crippen LogP contribution is -2.57. The Labute approximate surface area is 206 Å². The van der Waals surface area contributed by atoms with Crippen molar-refractivity contribution >= 4 is 17.9 Å². The molecule has 1 aromatic carbocycles. The number of aryl methyl sites for hydroxylation is 2. The fourth-order valence-electron chi connectivity index (χ4n) is 4.01. The van der Waals surface area contributed by atoms with Crippen molar-refractivity contribution in [2.75, 3.05) is 6.54 Å². The van der Waals surface area contributed by atoms with Gasteiger partial charge in [-0.3, -0.25) is 9.59 Å². The Balaban J connectivity index is 3.47. The molecule has 0 saturated carbocycles. The summed E-state index contributed by atoms with van der Waals surface area (Å²) in [6.07, 6.45) is 1.75. The molecule has 0 saturated heterocycles. The maximum absolute atomic E-state index is 13.8. The van der Waals surface area contributed by atoms with E-state index in [1.54, 1.807) is 25.7 Å². The van der Waals surface area contributed by atoms with Gasteiger partial charge in [-0.05, 0) is 84.9 Å². The number of nitrogens with one attached hydrogen (secondary N) is 2. The summed E-state index contributed by atoms with van der Waals surface area (Å²) < 4.78 is 5.29. The zero-order valence-electron chi connectivity index (χ0n) is 22.8. The first-order valence-corrected chi connectivity index (χ1v) is 12.3. The second kappa shape index (κ2) is 12.2. The monoisotopic (exact) mass is 475 g/mol. The molecule has 0 aliphatic heterocycles. The lowest BCUT2D eigenvalue weighted by Gasteiger charge is -2.44. The van der Waals surface area contributed by atoms with E-state index in [0.717, 1.165) is 29.5 Å². The summed E-state index contributed by atoms with van der Waals surface area (Å²) in [6, 6.07) is 5.01. The summed E-state index contributed by atoms with van der Waals surface area (Å²) in [5.41, 5.74) is 1.38. The van der Waals surface area contributed by atoms with Gasteiger partial charge in [0.15, 0.2) is 0 Å². The second-order valence-electron chi connectivity index (χ2n) is 10.7. The molecular weight excluding hydrogens is 430 g/mol. The Morgan fingerprint density at radius 3 is 2.06 bits per heavy atom. The smallest absolute Gasteiger partial charge is 0.408 e. The second-order valence-corrected chi connectivity index (χ2v) is 10.7. The first-order valence-electron chi connectivity index (χ1n) is 12.3. The molecule has 2 N–H and O–H groups in total. The van der Waals surface area contributed by atoms with Crippen molar-refractivity contribution in [3.05, 3.63) is 34.9 Å². The van der Waals surface area contributed by atoms with Crippen LogP contribution < -0.4 is 10.6 Å². The third kappa shape index (κ3) is 8.33. The summed E-state index contributed by atoms with van der Waals surface area (Å²) in [7, 11) is 0. The van der Waals surface area contributed by atoms with Crippen LogP contribution in [0.15, 0.2) is 18.2 Å². The van der Waals surface area contributed by atoms with E-state index >= 15 is 0 Å². The van der Waals surface area contributed by atoms with Crippen molar-refractivity contribution in [3.63, 3.8) is 0 Å². The molecule has 7 heteroatoms. The van der Waals surface area contributed by atoms with Crippen LogP contribution in [-0.4, -0.2) is 46.5 Å². The minimum Gasteiger partial charge on any atom is -0.444 e. The largest absolute Gasteiger partial charge is 0.444 e. The molecule has 0 heterocycles. The highest BCUT2D eigenvalue weighted by atomic mass is 16.6. The van der Waals surface area contributed by atoms with Gasteiger partial charge in [0.05, 0.1) is 0 Å². The number of amides is 3. The van der Waals surface area contributed by atoms with Crippen LogP contribution in [0.4, 0.5) is 4.79 Å². The minimum atomic E-state index is -0.830. The highest BCUT2D eigenvalue weighted by Gasteiger charge is 2.41. The molecule has 2 unspecified atom stereocenters. The number of carbonyl (C=O) groups excluding carboxylic acids is 3. The number of carbonyl (C=O) groups is 3. The van der Waals surface area contributed by atoms with E-state index in [1.165, 1.54) is 0 Å². The number of hydrogen-bond acceptors (Lipinski definition) is 4. The minimum absolute atomic E-state index is 0.0223. The third-order valence-corrected chi connectivity index (χ3v) is 6.00. The number of benzene rings is 1. The molecule has 1 aromatic rings. The lowest BCUT2D eigenvalue weighted by molar-refractivity contribution is -0.147. The number of hydrogen-bond donors (Lipinski definition) is 2. The number of alkyl carbamates (subject to hydrolysis) is 1. The molecule has 34 heavy (non-hydrogen) atoms. The molecule has 2 atom stereocenters. The van der Waals surface area contributed by atoms with Crippen LogP contribution in [0.25, 0.3) is 0 Å². The molecule has 0 aliphatic rings. The first kappa shape index (κ1) is 29.5. The van der Waals surface area contributed by atoms with Gasteiger partial charge in [-0.2, -0.15) is 0 Å². The van der Waals surface area contributed by atoms with Crippen molar-refractivity contribution < 1.29 is 19.1 Å². The molecular formula is C27H45N3O4. The summed E-state index contributed by atoms with van der Waals surface area (Å²) in [5.74, 6) is -0.561. The molecule has 0 radical (unpaired) electrons. The van der Waals surface area contributed by atoms with Crippen LogP contribution in [-0.2, 0) is 14.3 Å². The number of ether oxygens (including phenoxy) is 1. The predicted octanol–water partition coefficient (Wildman–Crippen LogP) is 5.19. The Morgan fingerprint density at radius 1 is 1.03 bits per heavy atom. The average molecular weight is 476 g/mol. The number of nitrogens with zero attached hydrogens (tertiary/aromatic N) is 1. The lowest BCUT2D eigenvalue weighted by atomic mass is 9.89. The molecule has 0 fully saturated rings. The van der Waals surface area contributed by atoms with Crippen molar-refractivity contribution in [1.29, 1.82) is 0 Å². The van der Waals surface area contributed by atoms with Gasteiger partial charge in [0.2, 0.25) is 11.8 Å². The van der Waals surface area contributed by atoms with Crippen molar-refractivity contribution in [2.24, 2.45) is 0 Å². The van der Waals surface area contributed by atoms with Gasteiger partial charge in [-0.1, -0.05) is 38.5 Å². The van der Waals surface area contributed by atoms with Crippen LogP contribution in [0, 0.1) is 13.8 Å². The fourth-order valence-corrected chi connectivity index (χ4v) is 4.01. The zero-order chi connectivity index (χ0) is 26.3. The first-order chi connectivity index (χ1) is 15.6. The van der Waals surface area contributed by atoms with Gasteiger partial charge in [-0.25, -0.2) is 4.79 Å². The number of rotatable bonds is 10. The molecule has 0 bridgehead atoms. The Morgan fingerprint density at radius 2 is 1.59 bits per heavy atom. The SMILES string of the molecule is CCCC(C)NC(=O)C(c1c(C)cccc1C)N(C(=O)CNC(=O)OC(C)(C)C)C(C)(C)CC. The van der Waals surface area contributed by atoms with E-state index < -0.39 is 23.3 Å². The zero-order valence-corrected chi connectivity index (χ0v) is 22.8. The van der Waals surface area contributed by atoms with E-state index in [4.69, 9.17) is 4.74 Å². The third-order valence-electron chi connectivity index (χ3n) is 6.00. The van der Waals surface area contributed by atoms with E-state index in [2.05, 4.69) is 17.6 Å². The molecule has 0 spiro atoms. The van der Waals surface area contributed by atoms with Crippen LogP contribution in [0.3, 0.4) is 0 Å². The van der Waals surface area contributed by atoms with Crippen LogP contribution in [0.1, 0.15) is 97.4 Å². The van der Waals surface area contributed by atoms with Crippen LogP contribution >= 0.6 is 0 Å². The highest BCUT2D eigenvalue weighted by Crippen LogP contribution is 2.34. The van der Waals surface area contributed by atoms with Gasteiger partial charge in [-0.15, -0.1) is 0 Å². The fraction of sp³-hybridized carbons (Fsp3) is 0.667. The normalized spacial score (nSPS) is 13.6. The van der Waals surface area contributed by atoms with E-state index in [9.17, 15) is 14.4 Å². The maximum atomic E-state index is 13.8. The van der Waals surface area contributed by atoms with Gasteiger partial charge < -0.3 is 20.3 Å². The molecule has 0 aliphatic carbocycles. The summed E-state index contributed by atoms with van der Waals surface area (Å²) in [4.78, 5) is 41.3. The van der Waals surface area contributed by atoms with Crippen molar-refractivity contribution in [3.8, 4) is 0 Å². The highest BCUT2D eigenvalue weighted by molar-refractivity contribution is 5.91. The molecule has 1 rings (SSSR count). The summed E-state index contributed by atoms with van der Waals surface area (Å²) >= 11 is 0. The molecule has 0 aromatic heterocycles. The topological polar surface area (TPSA) is 87.7 Å². The quantitative estimate of drug-likeness (QED) is 0.487. The molecule has 7 nitrogen and oxygen atoms in total. The van der Waals surface area contributed by atoms with Crippen LogP contribution in [0.5, 0.6) is 0 Å². The standard InChI is InChI=1S/C27H45N3O4/c1-11-14-20(5)29-24(32)23(22-18(3)15-13-16-19(22)4)30(27(9,10)12-2)21(31)17-28-25(33)34-26(6,7)8/h13,15-16,20,23H,11-12,14,17H2,1-10H3,(H,28,33)(H,29,32). The van der Waals surface area contributed by atoms with E-state index in [1.807, 2.05) is 59.7 Å². The molecule has 192 valence electrons. The van der Waals surface area contributed by atoms with Gasteiger partial charge in [0, 0.05) is 11.6 Å². The van der Waals surface area contributed by atoms with Crippen molar-refractivity contribution in [1.82, 2.24) is 15.5 Å². The average Bonchev–Trinajstić information content (AvgIpc) is 2.69. The maximum Gasteiger partial charge on any atom is 0.408 e. The molecule has 3 amide bonds. The van der Waals surface area contributed by atoms with E-state index in [-0.39, 0.29) is 24.4 Å². The van der Waals surface area contributed by atoms with Gasteiger partial charge in [0.25, 0.3) is 0 Å². The Bertz CT molecular complexity index is 838. The van der Waals surface area contributed by atoms with E-state index in [0.29, 0.717) is 6.42 Å². The van der Waals surface area contributed by atoms with Crippen molar-refractivity contribution in [2.45, 2.75) is 112 Å². The predicted molar refractivity (Wildman–Crippen MR) is 137 cm³/mol. The summed E-state index contributed by atoms with van der Waals surface area (Å²) in [5, 5.41) is 5.68.